The van der Waals surface area contributed by atoms with Gasteiger partial charge in [-0.2, -0.15) is 0 Å². The van der Waals surface area contributed by atoms with E-state index in [-0.39, 0.29) is 17.1 Å². The summed E-state index contributed by atoms with van der Waals surface area (Å²) in [6, 6.07) is 18.8. The summed E-state index contributed by atoms with van der Waals surface area (Å²) in [5.41, 5.74) is 3.43. The third-order valence-electron chi connectivity index (χ3n) is 5.14. The van der Waals surface area contributed by atoms with Crippen molar-refractivity contribution in [1.82, 2.24) is 0 Å². The van der Waals surface area contributed by atoms with Crippen molar-refractivity contribution in [2.24, 2.45) is 0 Å². The summed E-state index contributed by atoms with van der Waals surface area (Å²) in [6.45, 7) is 0. The molecule has 0 saturated carbocycles. The lowest BCUT2D eigenvalue weighted by atomic mass is 9.81. The summed E-state index contributed by atoms with van der Waals surface area (Å²) in [6.07, 6.45) is 1.46. The monoisotopic (exact) mass is 372 g/mol. The lowest BCUT2D eigenvalue weighted by Gasteiger charge is -2.23. The van der Waals surface area contributed by atoms with Crippen LogP contribution in [-0.4, -0.2) is 25.8 Å². The van der Waals surface area contributed by atoms with E-state index in [9.17, 15) is 9.59 Å². The molecule has 0 fully saturated rings. The second-order valence-corrected chi connectivity index (χ2v) is 6.71. The van der Waals surface area contributed by atoms with Gasteiger partial charge in [-0.1, -0.05) is 54.6 Å². The lowest BCUT2D eigenvalue weighted by molar-refractivity contribution is 0.0973. The van der Waals surface area contributed by atoms with Crippen molar-refractivity contribution in [3.63, 3.8) is 0 Å². The molecule has 4 nitrogen and oxygen atoms in total. The lowest BCUT2D eigenvalue weighted by Crippen LogP contribution is -2.23. The molecular formula is C24H20O4. The van der Waals surface area contributed by atoms with Crippen LogP contribution in [0, 0.1) is 0 Å². The Morgan fingerprint density at radius 3 is 1.93 bits per heavy atom. The molecule has 0 saturated heterocycles. The molecule has 1 aliphatic rings. The number of ketones is 2. The Bertz CT molecular complexity index is 1070. The highest BCUT2D eigenvalue weighted by Crippen LogP contribution is 2.41. The van der Waals surface area contributed by atoms with E-state index in [2.05, 4.69) is 12.1 Å². The third kappa shape index (κ3) is 2.87. The van der Waals surface area contributed by atoms with Gasteiger partial charge in [0.15, 0.2) is 11.6 Å². The number of ether oxygens (including phenoxy) is 2. The number of benzene rings is 3. The maximum absolute atomic E-state index is 13.2. The normalized spacial score (nSPS) is 12.4. The fraction of sp³-hybridized carbons (Fsp3) is 0.167. The molecule has 0 unspecified atom stereocenters. The number of fused-ring (bicyclic) bond motifs is 2. The van der Waals surface area contributed by atoms with Gasteiger partial charge in [0.25, 0.3) is 0 Å². The first kappa shape index (κ1) is 18.0. The van der Waals surface area contributed by atoms with Crippen LogP contribution in [0.2, 0.25) is 0 Å². The molecule has 3 aromatic carbocycles. The van der Waals surface area contributed by atoms with Crippen LogP contribution in [0.25, 0.3) is 0 Å². The molecule has 0 radical (unpaired) electrons. The molecule has 140 valence electrons. The second-order valence-electron chi connectivity index (χ2n) is 6.71. The minimum absolute atomic E-state index is 0.207. The quantitative estimate of drug-likeness (QED) is 0.525. The Morgan fingerprint density at radius 1 is 0.714 bits per heavy atom. The fourth-order valence-corrected chi connectivity index (χ4v) is 3.79. The van der Waals surface area contributed by atoms with E-state index in [0.717, 1.165) is 12.0 Å². The summed E-state index contributed by atoms with van der Waals surface area (Å²) >= 11 is 0. The molecule has 1 aliphatic carbocycles. The number of carbonyl (C=O) groups excluding carboxylic acids is 2. The summed E-state index contributed by atoms with van der Waals surface area (Å²) < 4.78 is 11.1. The third-order valence-corrected chi connectivity index (χ3v) is 5.14. The van der Waals surface area contributed by atoms with Crippen LogP contribution in [0.15, 0.2) is 60.7 Å². The van der Waals surface area contributed by atoms with Gasteiger partial charge in [0.2, 0.25) is 0 Å². The van der Waals surface area contributed by atoms with Gasteiger partial charge in [-0.05, 0) is 30.0 Å². The molecule has 3 aromatic rings. The largest absolute Gasteiger partial charge is 0.496 e. The van der Waals surface area contributed by atoms with Gasteiger partial charge in [0, 0.05) is 11.1 Å². The van der Waals surface area contributed by atoms with Crippen LogP contribution >= 0.6 is 0 Å². The first-order valence-electron chi connectivity index (χ1n) is 9.16. The van der Waals surface area contributed by atoms with Crippen molar-refractivity contribution in [1.29, 1.82) is 0 Å². The highest BCUT2D eigenvalue weighted by molar-refractivity contribution is 6.30. The zero-order valence-corrected chi connectivity index (χ0v) is 15.8. The summed E-state index contributed by atoms with van der Waals surface area (Å²) in [5.74, 6) is 0.447. The van der Waals surface area contributed by atoms with Crippen molar-refractivity contribution in [2.75, 3.05) is 14.2 Å². The van der Waals surface area contributed by atoms with E-state index in [1.54, 1.807) is 24.3 Å². The topological polar surface area (TPSA) is 52.6 Å². The van der Waals surface area contributed by atoms with E-state index >= 15 is 0 Å². The van der Waals surface area contributed by atoms with Crippen LogP contribution in [0.1, 0.15) is 43.0 Å². The Hall–Kier alpha value is -3.40. The van der Waals surface area contributed by atoms with Gasteiger partial charge in [0.1, 0.15) is 11.5 Å². The Morgan fingerprint density at radius 2 is 1.32 bits per heavy atom. The van der Waals surface area contributed by atoms with Crippen molar-refractivity contribution in [3.8, 4) is 11.5 Å². The Balaban J connectivity index is 1.85. The van der Waals surface area contributed by atoms with Gasteiger partial charge in [-0.3, -0.25) is 9.59 Å². The van der Waals surface area contributed by atoms with Crippen LogP contribution in [0.5, 0.6) is 11.5 Å². The molecule has 0 amide bonds. The van der Waals surface area contributed by atoms with Gasteiger partial charge in [-0.15, -0.1) is 0 Å². The molecule has 0 spiro atoms. The van der Waals surface area contributed by atoms with Crippen molar-refractivity contribution >= 4 is 11.6 Å². The minimum atomic E-state index is -0.213. The van der Waals surface area contributed by atoms with Crippen LogP contribution < -0.4 is 9.47 Å². The number of aryl methyl sites for hydroxylation is 2. The van der Waals surface area contributed by atoms with E-state index in [1.165, 1.54) is 19.8 Å². The summed E-state index contributed by atoms with van der Waals surface area (Å²) in [7, 11) is 3.05. The molecule has 0 aromatic heterocycles. The molecule has 4 rings (SSSR count). The predicted octanol–water partition coefficient (Wildman–Crippen LogP) is 4.26. The maximum Gasteiger partial charge on any atom is 0.198 e. The molecule has 0 atom stereocenters. The SMILES string of the molecule is COc1cc(CCc2ccccc2)c(OC)c2c1C(=O)c1ccccc1C2=O. The van der Waals surface area contributed by atoms with Gasteiger partial charge < -0.3 is 9.47 Å². The van der Waals surface area contributed by atoms with Crippen molar-refractivity contribution in [2.45, 2.75) is 12.8 Å². The molecule has 0 heterocycles. The van der Waals surface area contributed by atoms with E-state index in [1.807, 2.05) is 24.3 Å². The number of rotatable bonds is 5. The molecule has 28 heavy (non-hydrogen) atoms. The molecule has 0 aliphatic heterocycles. The first-order valence-corrected chi connectivity index (χ1v) is 9.16. The van der Waals surface area contributed by atoms with Crippen molar-refractivity contribution < 1.29 is 19.1 Å². The zero-order valence-electron chi connectivity index (χ0n) is 15.8. The Labute approximate surface area is 163 Å². The number of hydrogen-bond acceptors (Lipinski definition) is 4. The van der Waals surface area contributed by atoms with Gasteiger partial charge in [-0.25, -0.2) is 0 Å². The molecule has 4 heteroatoms. The first-order chi connectivity index (χ1) is 13.7. The predicted molar refractivity (Wildman–Crippen MR) is 107 cm³/mol. The molecular weight excluding hydrogens is 352 g/mol. The average Bonchev–Trinajstić information content (AvgIpc) is 2.75. The zero-order chi connectivity index (χ0) is 19.7. The van der Waals surface area contributed by atoms with E-state index in [4.69, 9.17) is 9.47 Å². The number of methoxy groups -OCH3 is 2. The smallest absolute Gasteiger partial charge is 0.198 e. The maximum atomic E-state index is 13.2. The standard InChI is InChI=1S/C24H20O4/c1-27-19-14-16(13-12-15-8-4-3-5-9-15)24(28-2)21-20(19)22(25)17-10-6-7-11-18(17)23(21)26/h3-11,14H,12-13H2,1-2H3. The summed E-state index contributed by atoms with van der Waals surface area (Å²) in [4.78, 5) is 26.3. The van der Waals surface area contributed by atoms with Crippen molar-refractivity contribution in [3.05, 3.63) is 94.0 Å². The second kappa shape index (κ2) is 7.31. The molecule has 0 N–H and O–H groups in total. The van der Waals surface area contributed by atoms with Crippen LogP contribution in [0.3, 0.4) is 0 Å². The average molecular weight is 372 g/mol. The van der Waals surface area contributed by atoms with Gasteiger partial charge >= 0.3 is 0 Å². The number of hydrogen-bond donors (Lipinski definition) is 0. The fourth-order valence-electron chi connectivity index (χ4n) is 3.79. The molecule has 0 bridgehead atoms. The van der Waals surface area contributed by atoms with Crippen LogP contribution in [0.4, 0.5) is 0 Å². The van der Waals surface area contributed by atoms with E-state index < -0.39 is 0 Å². The highest BCUT2D eigenvalue weighted by Gasteiger charge is 2.36. The van der Waals surface area contributed by atoms with Gasteiger partial charge in [0.05, 0.1) is 25.3 Å². The Kier molecular flexibility index (Phi) is 4.70. The van der Waals surface area contributed by atoms with E-state index in [0.29, 0.717) is 34.6 Å². The number of carbonyl (C=O) groups is 2. The van der Waals surface area contributed by atoms with Crippen LogP contribution in [-0.2, 0) is 12.8 Å². The minimum Gasteiger partial charge on any atom is -0.496 e. The highest BCUT2D eigenvalue weighted by atomic mass is 16.5. The summed E-state index contributed by atoms with van der Waals surface area (Å²) in [5, 5.41) is 0.